The number of hydrogen-bond acceptors (Lipinski definition) is 5. The average Bonchev–Trinajstić information content (AvgIpc) is 3.42. The summed E-state index contributed by atoms with van der Waals surface area (Å²) in [5.74, 6) is 1.54. The molecule has 1 aromatic carbocycles. The Bertz CT molecular complexity index is 919. The van der Waals surface area contributed by atoms with Crippen molar-refractivity contribution in [2.75, 3.05) is 6.61 Å². The van der Waals surface area contributed by atoms with Crippen molar-refractivity contribution < 1.29 is 22.3 Å². The van der Waals surface area contributed by atoms with Gasteiger partial charge in [0.2, 0.25) is 5.82 Å². The Morgan fingerprint density at radius 3 is 2.79 bits per heavy atom. The SMILES string of the molecule is FC(F)(F)c1cccc(CSc2nnc(-c3ccco3)n2CC2CCCO2)c1. The third-order valence-corrected chi connectivity index (χ3v) is 5.53. The molecule has 5 nitrogen and oxygen atoms in total. The summed E-state index contributed by atoms with van der Waals surface area (Å²) in [6.45, 7) is 1.31. The summed E-state index contributed by atoms with van der Waals surface area (Å²) < 4.78 is 51.9. The molecule has 4 rings (SSSR count). The molecule has 0 N–H and O–H groups in total. The van der Waals surface area contributed by atoms with Crippen LogP contribution in [0.3, 0.4) is 0 Å². The minimum Gasteiger partial charge on any atom is -0.461 e. The summed E-state index contributed by atoms with van der Waals surface area (Å²) in [7, 11) is 0. The molecule has 1 atom stereocenters. The molecular formula is C19H18F3N3O2S. The first-order valence-electron chi connectivity index (χ1n) is 8.88. The van der Waals surface area contributed by atoms with Crippen molar-refractivity contribution in [2.45, 2.75) is 42.6 Å². The maximum Gasteiger partial charge on any atom is 0.416 e. The number of aromatic nitrogens is 3. The summed E-state index contributed by atoms with van der Waals surface area (Å²) in [5, 5.41) is 9.10. The number of thioether (sulfide) groups is 1. The molecule has 1 fully saturated rings. The fourth-order valence-electron chi connectivity index (χ4n) is 3.13. The van der Waals surface area contributed by atoms with Gasteiger partial charge in [-0.2, -0.15) is 13.2 Å². The van der Waals surface area contributed by atoms with Crippen molar-refractivity contribution in [3.63, 3.8) is 0 Å². The molecule has 1 aliphatic rings. The monoisotopic (exact) mass is 409 g/mol. The number of ether oxygens (including phenoxy) is 1. The highest BCUT2D eigenvalue weighted by Crippen LogP contribution is 2.32. The van der Waals surface area contributed by atoms with Crippen molar-refractivity contribution in [3.05, 3.63) is 53.8 Å². The number of nitrogens with zero attached hydrogens (tertiary/aromatic N) is 3. The minimum absolute atomic E-state index is 0.0672. The van der Waals surface area contributed by atoms with E-state index in [0.717, 1.165) is 25.5 Å². The number of alkyl halides is 3. The quantitative estimate of drug-likeness (QED) is 0.535. The topological polar surface area (TPSA) is 53.1 Å². The number of hydrogen-bond donors (Lipinski definition) is 0. The molecule has 3 aromatic rings. The molecule has 0 bridgehead atoms. The van der Waals surface area contributed by atoms with Gasteiger partial charge in [-0.15, -0.1) is 10.2 Å². The van der Waals surface area contributed by atoms with Crippen molar-refractivity contribution in [1.82, 2.24) is 14.8 Å². The van der Waals surface area contributed by atoms with Crippen LogP contribution < -0.4 is 0 Å². The van der Waals surface area contributed by atoms with Crippen LogP contribution >= 0.6 is 11.8 Å². The van der Waals surface area contributed by atoms with Crippen LogP contribution in [-0.2, 0) is 23.2 Å². The molecule has 9 heteroatoms. The molecule has 1 aliphatic heterocycles. The van der Waals surface area contributed by atoms with E-state index >= 15 is 0 Å². The largest absolute Gasteiger partial charge is 0.461 e. The maximum atomic E-state index is 12.9. The maximum absolute atomic E-state index is 12.9. The Kier molecular flexibility index (Phi) is 5.45. The Labute approximate surface area is 163 Å². The molecule has 28 heavy (non-hydrogen) atoms. The van der Waals surface area contributed by atoms with Gasteiger partial charge < -0.3 is 9.15 Å². The van der Waals surface area contributed by atoms with Gasteiger partial charge in [0.25, 0.3) is 0 Å². The van der Waals surface area contributed by atoms with E-state index in [0.29, 0.717) is 34.6 Å². The van der Waals surface area contributed by atoms with E-state index in [2.05, 4.69) is 10.2 Å². The molecule has 2 aromatic heterocycles. The van der Waals surface area contributed by atoms with Crippen LogP contribution in [0, 0.1) is 0 Å². The highest BCUT2D eigenvalue weighted by atomic mass is 32.2. The van der Waals surface area contributed by atoms with Gasteiger partial charge in [-0.25, -0.2) is 0 Å². The smallest absolute Gasteiger partial charge is 0.416 e. The molecule has 0 radical (unpaired) electrons. The zero-order valence-corrected chi connectivity index (χ0v) is 15.7. The molecule has 0 aliphatic carbocycles. The van der Waals surface area contributed by atoms with Crippen LogP contribution in [0.1, 0.15) is 24.0 Å². The predicted molar refractivity (Wildman–Crippen MR) is 97.7 cm³/mol. The van der Waals surface area contributed by atoms with Crippen molar-refractivity contribution in [1.29, 1.82) is 0 Å². The molecular weight excluding hydrogens is 391 g/mol. The Balaban J connectivity index is 1.56. The van der Waals surface area contributed by atoms with Crippen LogP contribution in [0.2, 0.25) is 0 Å². The summed E-state index contributed by atoms with van der Waals surface area (Å²) in [6.07, 6.45) is -0.760. The highest BCUT2D eigenvalue weighted by molar-refractivity contribution is 7.98. The van der Waals surface area contributed by atoms with E-state index in [1.54, 1.807) is 24.5 Å². The Morgan fingerprint density at radius 2 is 2.07 bits per heavy atom. The van der Waals surface area contributed by atoms with E-state index in [-0.39, 0.29) is 6.10 Å². The highest BCUT2D eigenvalue weighted by Gasteiger charge is 2.30. The Hall–Kier alpha value is -2.26. The third-order valence-electron chi connectivity index (χ3n) is 4.49. The standard InChI is InChI=1S/C19H18F3N3O2S/c20-19(21,22)14-5-1-4-13(10-14)12-28-18-24-23-17(16-7-3-9-27-16)25(18)11-15-6-2-8-26-15/h1,3-5,7,9-10,15H,2,6,8,11-12H2. The van der Waals surface area contributed by atoms with E-state index < -0.39 is 11.7 Å². The lowest BCUT2D eigenvalue weighted by Gasteiger charge is -2.14. The van der Waals surface area contributed by atoms with E-state index in [4.69, 9.17) is 9.15 Å². The average molecular weight is 409 g/mol. The summed E-state index contributed by atoms with van der Waals surface area (Å²) >= 11 is 1.35. The van der Waals surface area contributed by atoms with Crippen LogP contribution in [0.15, 0.2) is 52.2 Å². The van der Waals surface area contributed by atoms with Gasteiger partial charge in [-0.05, 0) is 36.6 Å². The second-order valence-corrected chi connectivity index (χ2v) is 7.46. The fourth-order valence-corrected chi connectivity index (χ4v) is 4.02. The van der Waals surface area contributed by atoms with Gasteiger partial charge in [0.15, 0.2) is 10.9 Å². The van der Waals surface area contributed by atoms with E-state index in [9.17, 15) is 13.2 Å². The zero-order chi connectivity index (χ0) is 19.6. The van der Waals surface area contributed by atoms with Gasteiger partial charge in [-0.3, -0.25) is 4.57 Å². The van der Waals surface area contributed by atoms with Gasteiger partial charge in [-0.1, -0.05) is 30.0 Å². The summed E-state index contributed by atoms with van der Waals surface area (Å²) in [5.41, 5.74) is -0.0752. The molecule has 0 saturated carbocycles. The molecule has 1 unspecified atom stereocenters. The van der Waals surface area contributed by atoms with Crippen LogP contribution in [0.4, 0.5) is 13.2 Å². The van der Waals surface area contributed by atoms with Gasteiger partial charge in [0.1, 0.15) is 0 Å². The lowest BCUT2D eigenvalue weighted by molar-refractivity contribution is -0.137. The number of benzene rings is 1. The summed E-state index contributed by atoms with van der Waals surface area (Å²) in [6, 6.07) is 8.91. The van der Waals surface area contributed by atoms with Crippen molar-refractivity contribution in [2.24, 2.45) is 0 Å². The molecule has 3 heterocycles. The third kappa shape index (κ3) is 4.25. The number of furan rings is 1. The van der Waals surface area contributed by atoms with E-state index in [1.807, 2.05) is 4.57 Å². The van der Waals surface area contributed by atoms with Crippen LogP contribution in [0.5, 0.6) is 0 Å². The minimum atomic E-state index is -4.35. The molecule has 0 amide bonds. The molecule has 148 valence electrons. The first-order valence-corrected chi connectivity index (χ1v) is 9.87. The second-order valence-electron chi connectivity index (χ2n) is 6.52. The summed E-state index contributed by atoms with van der Waals surface area (Å²) in [4.78, 5) is 0. The number of halogens is 3. The lowest BCUT2D eigenvalue weighted by Crippen LogP contribution is -2.16. The van der Waals surface area contributed by atoms with E-state index in [1.165, 1.54) is 23.9 Å². The van der Waals surface area contributed by atoms with Gasteiger partial charge in [0.05, 0.1) is 24.5 Å². The first-order chi connectivity index (χ1) is 13.5. The first kappa shape index (κ1) is 19.1. The lowest BCUT2D eigenvalue weighted by atomic mass is 10.1. The fraction of sp³-hybridized carbons (Fsp3) is 0.368. The van der Waals surface area contributed by atoms with Crippen molar-refractivity contribution in [3.8, 4) is 11.6 Å². The Morgan fingerprint density at radius 1 is 1.18 bits per heavy atom. The zero-order valence-electron chi connectivity index (χ0n) is 14.9. The van der Waals surface area contributed by atoms with Crippen LogP contribution in [-0.4, -0.2) is 27.5 Å². The normalized spacial score (nSPS) is 17.3. The predicted octanol–water partition coefficient (Wildman–Crippen LogP) is 5.03. The second kappa shape index (κ2) is 8.00. The van der Waals surface area contributed by atoms with Crippen LogP contribution in [0.25, 0.3) is 11.6 Å². The van der Waals surface area contributed by atoms with Crippen molar-refractivity contribution >= 4 is 11.8 Å². The molecule has 1 saturated heterocycles. The van der Waals surface area contributed by atoms with Gasteiger partial charge in [0, 0.05) is 12.4 Å². The van der Waals surface area contributed by atoms with Gasteiger partial charge >= 0.3 is 6.18 Å². The number of rotatable bonds is 6. The molecule has 0 spiro atoms.